The maximum Gasteiger partial charge on any atom is 0.241 e. The number of sulfonamides is 1. The van der Waals surface area contributed by atoms with Crippen molar-refractivity contribution in [3.8, 4) is 5.75 Å². The van der Waals surface area contributed by atoms with Crippen LogP contribution in [0.15, 0.2) is 35.2 Å². The van der Waals surface area contributed by atoms with Gasteiger partial charge in [0.1, 0.15) is 5.75 Å². The Morgan fingerprint density at radius 2 is 1.67 bits per heavy atom. The van der Waals surface area contributed by atoms with E-state index in [0.717, 1.165) is 22.3 Å². The first kappa shape index (κ1) is 18.5. The average Bonchev–Trinajstić information content (AvgIpc) is 2.49. The minimum absolute atomic E-state index is 0.289. The molecule has 130 valence electrons. The Balaban J connectivity index is 2.36. The summed E-state index contributed by atoms with van der Waals surface area (Å²) in [5.41, 5.74) is 4.75. The Bertz CT molecular complexity index is 857. The molecular weight excluding hydrogens is 322 g/mol. The summed E-state index contributed by atoms with van der Waals surface area (Å²) in [4.78, 5) is 0.289. The van der Waals surface area contributed by atoms with E-state index in [2.05, 4.69) is 10.8 Å². The first-order chi connectivity index (χ1) is 11.2. The van der Waals surface area contributed by atoms with Crippen molar-refractivity contribution < 1.29 is 13.2 Å². The summed E-state index contributed by atoms with van der Waals surface area (Å²) in [5.74, 6) is 0.689. The van der Waals surface area contributed by atoms with E-state index in [4.69, 9.17) is 4.74 Å². The molecule has 0 saturated carbocycles. The van der Waals surface area contributed by atoms with Gasteiger partial charge in [0, 0.05) is 6.04 Å². The molecule has 24 heavy (non-hydrogen) atoms. The summed E-state index contributed by atoms with van der Waals surface area (Å²) in [6.07, 6.45) is 0. The molecule has 1 N–H and O–H groups in total. The Labute approximate surface area is 144 Å². The van der Waals surface area contributed by atoms with Crippen molar-refractivity contribution in [2.24, 2.45) is 0 Å². The van der Waals surface area contributed by atoms with Gasteiger partial charge in [0.15, 0.2) is 0 Å². The van der Waals surface area contributed by atoms with Gasteiger partial charge in [-0.2, -0.15) is 0 Å². The number of hydrogen-bond acceptors (Lipinski definition) is 3. The molecule has 0 saturated heterocycles. The minimum atomic E-state index is -3.62. The van der Waals surface area contributed by atoms with Crippen molar-refractivity contribution in [1.82, 2.24) is 4.72 Å². The predicted octanol–water partition coefficient (Wildman–Crippen LogP) is 3.97. The summed E-state index contributed by atoms with van der Waals surface area (Å²) in [6.45, 7) is 9.54. The van der Waals surface area contributed by atoms with Gasteiger partial charge in [-0.15, -0.1) is 0 Å². The van der Waals surface area contributed by atoms with Crippen LogP contribution in [0, 0.1) is 27.7 Å². The second-order valence-electron chi connectivity index (χ2n) is 6.22. The highest BCUT2D eigenvalue weighted by atomic mass is 32.2. The molecule has 0 aromatic heterocycles. The Morgan fingerprint density at radius 3 is 2.25 bits per heavy atom. The number of methoxy groups -OCH3 is 1. The Kier molecular flexibility index (Phi) is 5.35. The van der Waals surface area contributed by atoms with Crippen LogP contribution in [-0.4, -0.2) is 15.5 Å². The highest BCUT2D eigenvalue weighted by molar-refractivity contribution is 7.89. The van der Waals surface area contributed by atoms with Gasteiger partial charge in [0.2, 0.25) is 10.0 Å². The number of hydrogen-bond donors (Lipinski definition) is 1. The molecule has 0 unspecified atom stereocenters. The van der Waals surface area contributed by atoms with Gasteiger partial charge in [-0.25, -0.2) is 13.1 Å². The van der Waals surface area contributed by atoms with E-state index in [9.17, 15) is 8.42 Å². The molecular formula is C19H25NO3S. The van der Waals surface area contributed by atoms with E-state index >= 15 is 0 Å². The first-order valence-electron chi connectivity index (χ1n) is 7.91. The van der Waals surface area contributed by atoms with Crippen molar-refractivity contribution in [2.75, 3.05) is 7.11 Å². The third kappa shape index (κ3) is 3.62. The minimum Gasteiger partial charge on any atom is -0.496 e. The highest BCUT2D eigenvalue weighted by Gasteiger charge is 2.22. The maximum atomic E-state index is 12.8. The number of aryl methyl sites for hydroxylation is 2. The van der Waals surface area contributed by atoms with Crippen molar-refractivity contribution in [1.29, 1.82) is 0 Å². The lowest BCUT2D eigenvalue weighted by atomic mass is 10.0. The fourth-order valence-electron chi connectivity index (χ4n) is 2.95. The molecule has 2 aromatic carbocycles. The topological polar surface area (TPSA) is 55.4 Å². The van der Waals surface area contributed by atoms with Crippen molar-refractivity contribution >= 4 is 10.0 Å². The van der Waals surface area contributed by atoms with E-state index in [-0.39, 0.29) is 10.9 Å². The molecule has 0 aliphatic rings. The monoisotopic (exact) mass is 347 g/mol. The van der Waals surface area contributed by atoms with Crippen LogP contribution >= 0.6 is 0 Å². The first-order valence-corrected chi connectivity index (χ1v) is 9.39. The molecule has 1 atom stereocenters. The zero-order chi connectivity index (χ0) is 18.1. The van der Waals surface area contributed by atoms with E-state index in [1.807, 2.05) is 39.8 Å². The number of nitrogens with one attached hydrogen (secondary N) is 1. The molecule has 0 heterocycles. The molecule has 0 bridgehead atoms. The van der Waals surface area contributed by atoms with Crippen LogP contribution in [0.25, 0.3) is 0 Å². The summed E-state index contributed by atoms with van der Waals surface area (Å²) in [7, 11) is -2.04. The predicted molar refractivity (Wildman–Crippen MR) is 97.1 cm³/mol. The molecule has 0 aliphatic carbocycles. The molecule has 5 heteroatoms. The van der Waals surface area contributed by atoms with Gasteiger partial charge < -0.3 is 4.74 Å². The summed E-state index contributed by atoms with van der Waals surface area (Å²) in [6, 6.07) is 9.01. The fourth-order valence-corrected chi connectivity index (χ4v) is 4.48. The number of ether oxygens (including phenoxy) is 1. The smallest absolute Gasteiger partial charge is 0.241 e. The Hall–Kier alpha value is -1.85. The van der Waals surface area contributed by atoms with Gasteiger partial charge in [0.05, 0.1) is 12.0 Å². The van der Waals surface area contributed by atoms with Crippen LogP contribution in [-0.2, 0) is 10.0 Å². The fraction of sp³-hybridized carbons (Fsp3) is 0.368. The third-order valence-electron chi connectivity index (χ3n) is 4.42. The zero-order valence-electron chi connectivity index (χ0n) is 15.1. The summed E-state index contributed by atoms with van der Waals surface area (Å²) >= 11 is 0. The molecule has 2 rings (SSSR count). The molecule has 0 spiro atoms. The van der Waals surface area contributed by atoms with Gasteiger partial charge in [-0.1, -0.05) is 23.8 Å². The van der Waals surface area contributed by atoms with Crippen LogP contribution in [0.5, 0.6) is 5.75 Å². The molecule has 0 radical (unpaired) electrons. The molecule has 2 aromatic rings. The normalized spacial score (nSPS) is 12.9. The zero-order valence-corrected chi connectivity index (χ0v) is 15.9. The lowest BCUT2D eigenvalue weighted by Crippen LogP contribution is -2.28. The molecule has 4 nitrogen and oxygen atoms in total. The molecule has 0 fully saturated rings. The van der Waals surface area contributed by atoms with Crippen LogP contribution in [0.2, 0.25) is 0 Å². The van der Waals surface area contributed by atoms with Crippen LogP contribution in [0.1, 0.15) is 40.8 Å². The third-order valence-corrected chi connectivity index (χ3v) is 6.11. The van der Waals surface area contributed by atoms with Gasteiger partial charge >= 0.3 is 0 Å². The highest BCUT2D eigenvalue weighted by Crippen LogP contribution is 2.28. The summed E-state index contributed by atoms with van der Waals surface area (Å²) < 4.78 is 33.7. The van der Waals surface area contributed by atoms with Crippen LogP contribution < -0.4 is 9.46 Å². The standard InChI is InChI=1S/C19H25NO3S/c1-12-7-8-17(13(2)11-12)16(5)20-24(21,22)19-10-9-18(23-6)14(3)15(19)4/h7-11,16,20H,1-6H3/t16-/m1/s1. The molecule has 0 aliphatic heterocycles. The van der Waals surface area contributed by atoms with Gasteiger partial charge in [0.25, 0.3) is 0 Å². The number of benzene rings is 2. The average molecular weight is 347 g/mol. The second kappa shape index (κ2) is 6.95. The van der Waals surface area contributed by atoms with Gasteiger partial charge in [-0.3, -0.25) is 0 Å². The molecule has 0 amide bonds. The van der Waals surface area contributed by atoms with E-state index in [1.165, 1.54) is 0 Å². The summed E-state index contributed by atoms with van der Waals surface area (Å²) in [5, 5.41) is 0. The van der Waals surface area contributed by atoms with Crippen LogP contribution in [0.3, 0.4) is 0 Å². The van der Waals surface area contributed by atoms with E-state index < -0.39 is 10.0 Å². The van der Waals surface area contributed by atoms with Gasteiger partial charge in [-0.05, 0) is 69.0 Å². The lowest BCUT2D eigenvalue weighted by Gasteiger charge is -2.19. The van der Waals surface area contributed by atoms with Crippen LogP contribution in [0.4, 0.5) is 0 Å². The van der Waals surface area contributed by atoms with Crippen molar-refractivity contribution in [2.45, 2.75) is 45.6 Å². The quantitative estimate of drug-likeness (QED) is 0.890. The SMILES string of the molecule is COc1ccc(S(=O)(=O)N[C@H](C)c2ccc(C)cc2C)c(C)c1C. The Morgan fingerprint density at radius 1 is 1.00 bits per heavy atom. The van der Waals surface area contributed by atoms with E-state index in [0.29, 0.717) is 11.3 Å². The second-order valence-corrected chi connectivity index (χ2v) is 7.90. The largest absolute Gasteiger partial charge is 0.496 e. The van der Waals surface area contributed by atoms with Crippen molar-refractivity contribution in [3.63, 3.8) is 0 Å². The number of rotatable bonds is 5. The van der Waals surface area contributed by atoms with E-state index in [1.54, 1.807) is 26.2 Å². The maximum absolute atomic E-state index is 12.8. The lowest BCUT2D eigenvalue weighted by molar-refractivity contribution is 0.410. The van der Waals surface area contributed by atoms with Crippen molar-refractivity contribution in [3.05, 3.63) is 58.1 Å².